The van der Waals surface area contributed by atoms with Crippen molar-refractivity contribution in [1.29, 1.82) is 0 Å². The summed E-state index contributed by atoms with van der Waals surface area (Å²) in [6, 6.07) is 133. The molecule has 4 heterocycles. The predicted molar refractivity (Wildman–Crippen MR) is 616 cm³/mol. The van der Waals surface area contributed by atoms with Crippen LogP contribution in [-0.4, -0.2) is 61.0 Å². The number of carboxylic acid groups (broad SMARTS) is 3. The minimum atomic E-state index is -4.67. The van der Waals surface area contributed by atoms with Gasteiger partial charge in [0.1, 0.15) is 73.7 Å². The standard InChI is InChI=1S/C25H17ClO2.C25H15ClO.C13H9ClO3.2C13H7ClO2.C12H9Br.C7H4ClIO2.C6H6O.C2H4O2.4CH4.ClH.H2O4S/c26-18-14-15-24-22(16-18)25(27,21-12-6-7-13-23(21)28-24)20-11-5-4-10-19(20)17-8-2-1-3-9-17;26-16-13-14-24-22(15-16)25(21-11-5-6-12-23(21)27-24)19-9-3-1-7-17(19)18-8-2-4-10-20(18)25;14-9-6-7-12(11(8-9)13(15)16)17-10-4-2-1-3-5-10;2*14-8-5-6-12-10(7-8)13(15)9-3-1-2-4-11(9)16-12;13-12-9-5-4-8-11(12)10-6-2-1-3-7-10;8-4-1-2-5(7(10)11)6(9)3-4;7-6-4-2-1-3-5-6;1-2(3)4;;;;;;1-5(2,3)4/h1-16,27H;1-15H;1-8H,(H,15,16);2*1-7H;1-9H;1-3H,(H,10,11);1-5,7H;1H3,(H,3,4);4*1H4;1H;(H2,1,2,3,4). The second-order valence-corrected chi connectivity index (χ2v) is 37.0. The molecule has 3 aliphatic rings. The number of aromatic hydroxyl groups is 1. The molecule has 0 amide bonds. The van der Waals surface area contributed by atoms with E-state index in [4.69, 9.17) is 135 Å². The molecule has 0 radical (unpaired) electrons. The number of ether oxygens (including phenoxy) is 3. The number of phenols is 1. The van der Waals surface area contributed by atoms with Crippen LogP contribution >= 0.6 is 121 Å². The Morgan fingerprint density at radius 3 is 1.13 bits per heavy atom. The number of carbonyl (C=O) groups is 3. The van der Waals surface area contributed by atoms with Gasteiger partial charge >= 0.3 is 22.3 Å². The van der Waals surface area contributed by atoms with Crippen LogP contribution in [-0.2, 0) is 26.2 Å². The molecule has 0 fully saturated rings. The normalized spacial score (nSPS) is 12.0. The number of phenolic OH excluding ortho intramolecular Hbond substituents is 1. The van der Waals surface area contributed by atoms with Gasteiger partial charge in [-0.25, -0.2) is 9.59 Å². The number of halogens is 9. The summed E-state index contributed by atoms with van der Waals surface area (Å²) < 4.78 is 62.5. The van der Waals surface area contributed by atoms with E-state index in [2.05, 4.69) is 125 Å². The summed E-state index contributed by atoms with van der Waals surface area (Å²) in [5, 5.41) is 51.4. The van der Waals surface area contributed by atoms with E-state index in [0.29, 0.717) is 107 Å². The van der Waals surface area contributed by atoms with Crippen LogP contribution in [0.2, 0.25) is 30.1 Å². The molecule has 23 rings (SSSR count). The van der Waals surface area contributed by atoms with Gasteiger partial charge in [-0.15, -0.1) is 12.4 Å². The van der Waals surface area contributed by atoms with Crippen LogP contribution in [0, 0.1) is 3.57 Å². The first kappa shape index (κ1) is 118. The van der Waals surface area contributed by atoms with Gasteiger partial charge in [0.25, 0.3) is 5.97 Å². The van der Waals surface area contributed by atoms with Gasteiger partial charge in [0.15, 0.2) is 0 Å². The largest absolute Gasteiger partial charge is 0.508 e. The Morgan fingerprint density at radius 1 is 0.342 bits per heavy atom. The molecule has 1 aliphatic carbocycles. The number of aliphatic carboxylic acids is 1. The molecule has 1 spiro atoms. The van der Waals surface area contributed by atoms with Crippen LogP contribution in [0.3, 0.4) is 0 Å². The lowest BCUT2D eigenvalue weighted by molar-refractivity contribution is -0.134. The maximum absolute atomic E-state index is 12.3. The van der Waals surface area contributed by atoms with Gasteiger partial charge in [-0.2, -0.15) is 8.42 Å². The number of hydrogen-bond donors (Lipinski definition) is 7. The van der Waals surface area contributed by atoms with Gasteiger partial charge in [0, 0.05) is 72.9 Å². The summed E-state index contributed by atoms with van der Waals surface area (Å²) in [6.45, 7) is 1.08. The van der Waals surface area contributed by atoms with Crippen molar-refractivity contribution in [2.45, 2.75) is 47.6 Å². The highest BCUT2D eigenvalue weighted by molar-refractivity contribution is 14.1. The Labute approximate surface area is 919 Å². The van der Waals surface area contributed by atoms with E-state index < -0.39 is 39.3 Å². The van der Waals surface area contributed by atoms with Crippen LogP contribution in [0.25, 0.3) is 77.3 Å². The number of carboxylic acids is 3. The van der Waals surface area contributed by atoms with Crippen molar-refractivity contribution in [2.24, 2.45) is 0 Å². The quantitative estimate of drug-likeness (QED) is 0.0443. The van der Waals surface area contributed by atoms with E-state index in [1.165, 1.54) is 45.5 Å². The van der Waals surface area contributed by atoms with E-state index in [9.17, 15) is 24.3 Å². The number of benzene rings is 18. The van der Waals surface area contributed by atoms with Crippen molar-refractivity contribution >= 4 is 193 Å². The summed E-state index contributed by atoms with van der Waals surface area (Å²) in [6.07, 6.45) is 0. The number of aliphatic hydroxyl groups is 1. The molecule has 1 atom stereocenters. The monoisotopic (exact) mass is 2320 g/mol. The van der Waals surface area contributed by atoms with E-state index >= 15 is 0 Å². The van der Waals surface area contributed by atoms with Crippen molar-refractivity contribution in [3.05, 3.63) is 533 Å². The molecule has 20 aromatic rings. The van der Waals surface area contributed by atoms with Gasteiger partial charge in [-0.05, 0) is 243 Å². The van der Waals surface area contributed by atoms with Gasteiger partial charge in [-0.1, -0.05) is 364 Å². The van der Waals surface area contributed by atoms with Crippen molar-refractivity contribution in [2.75, 3.05) is 0 Å². The Bertz CT molecular complexity index is 8140. The first-order chi connectivity index (χ1) is 69.3. The van der Waals surface area contributed by atoms with Gasteiger partial charge in [-0.3, -0.25) is 23.5 Å². The fourth-order valence-corrected chi connectivity index (χ4v) is 18.6. The highest BCUT2D eigenvalue weighted by atomic mass is 127. The third-order valence-electron chi connectivity index (χ3n) is 22.1. The van der Waals surface area contributed by atoms with Crippen molar-refractivity contribution in [3.63, 3.8) is 0 Å². The fraction of sp³-hybridized carbons (Fsp3) is 0.0583. The average molecular weight is 2330 g/mol. The molecule has 7 N–H and O–H groups in total. The summed E-state index contributed by atoms with van der Waals surface area (Å²) in [7, 11) is -4.67. The summed E-state index contributed by atoms with van der Waals surface area (Å²) in [5.41, 5.74) is 14.8. The van der Waals surface area contributed by atoms with Crippen LogP contribution < -0.4 is 25.1 Å². The lowest BCUT2D eigenvalue weighted by atomic mass is 9.66. The zero-order valence-corrected chi connectivity index (χ0v) is 85.7. The third-order valence-corrected chi connectivity index (χ3v) is 25.1. The fourth-order valence-electron chi connectivity index (χ4n) is 16.1. The van der Waals surface area contributed by atoms with Crippen LogP contribution in [0.4, 0.5) is 0 Å². The lowest BCUT2D eigenvalue weighted by Crippen LogP contribution is -2.33. The Balaban J connectivity index is 0.000000191. The minimum Gasteiger partial charge on any atom is -0.508 e. The summed E-state index contributed by atoms with van der Waals surface area (Å²) in [4.78, 5) is 54.8. The first-order valence-electron chi connectivity index (χ1n) is 43.6. The molecule has 0 saturated carbocycles. The number of aromatic carboxylic acids is 2. The molecule has 2 aromatic heterocycles. The molecule has 0 saturated heterocycles. The van der Waals surface area contributed by atoms with Crippen LogP contribution in [0.5, 0.6) is 40.2 Å². The van der Waals surface area contributed by atoms with E-state index in [0.717, 1.165) is 55.7 Å². The molecule has 18 aromatic carbocycles. The molecule has 2 aliphatic heterocycles. The Morgan fingerprint density at radius 2 is 0.671 bits per heavy atom. The molecular weight excluding hydrogens is 2230 g/mol. The Kier molecular flexibility index (Phi) is 43.2. The number of para-hydroxylation sites is 6. The van der Waals surface area contributed by atoms with Crippen molar-refractivity contribution < 1.29 is 80.5 Å². The second-order valence-electron chi connectivity index (χ2n) is 31.5. The van der Waals surface area contributed by atoms with Gasteiger partial charge in [0.2, 0.25) is 10.9 Å². The zero-order chi connectivity index (χ0) is 102. The maximum Gasteiger partial charge on any atom is 0.394 e. The molecule has 1 unspecified atom stereocenters. The second kappa shape index (κ2) is 54.5. The smallest absolute Gasteiger partial charge is 0.394 e. The molecular formula is C120H97BrCl7IO19S. The van der Waals surface area contributed by atoms with E-state index in [1.54, 1.807) is 133 Å². The summed E-state index contributed by atoms with van der Waals surface area (Å²) >= 11 is 41.3. The SMILES string of the molecule is Brc1ccccc1-c1ccccc1.C.C.C.C.CC(=O)O.Cl.Clc1ccc2c(c1)C1(c3ccccc3O2)c2ccccc2-c2ccccc21.O=C(O)c1cc(Cl)ccc1Oc1ccccc1.O=C(O)c1ccc(Cl)cc1I.O=S(=O)(O)O.O=c1c2ccccc2oc2ccc(Cl)cc12.O=c1c2ccccc2oc2ccc(Cl)cc12.OC1(c2ccccc2-c2ccccc2)c2ccccc2Oc2ccc(Cl)cc21.Oc1ccccc1. The highest BCUT2D eigenvalue weighted by Gasteiger charge is 2.51. The zero-order valence-electron chi connectivity index (χ0n) is 75.8. The maximum atomic E-state index is 12.3. The Hall–Kier alpha value is -14.4. The van der Waals surface area contributed by atoms with Crippen LogP contribution in [0.15, 0.2) is 448 Å². The van der Waals surface area contributed by atoms with Gasteiger partial charge in [0.05, 0.1) is 32.5 Å². The number of fused-ring (bicyclic) bond motifs is 15. The molecule has 29 heteroatoms. The molecule has 760 valence electrons. The number of hydrogen-bond acceptors (Lipinski definition) is 14. The van der Waals surface area contributed by atoms with Crippen molar-refractivity contribution in [1.82, 2.24) is 0 Å². The van der Waals surface area contributed by atoms with Crippen molar-refractivity contribution in [3.8, 4) is 73.6 Å². The highest BCUT2D eigenvalue weighted by Crippen LogP contribution is 2.62. The summed E-state index contributed by atoms with van der Waals surface area (Å²) in [5.74, 6) is 1.36. The third kappa shape index (κ3) is 29.2. The topological polar surface area (TPSA) is 315 Å². The average Bonchev–Trinajstić information content (AvgIpc) is 1.53. The minimum absolute atomic E-state index is 0. The molecule has 149 heavy (non-hydrogen) atoms. The van der Waals surface area contributed by atoms with E-state index in [1.807, 2.05) is 192 Å². The molecule has 19 nitrogen and oxygen atoms in total. The number of rotatable bonds is 7. The lowest BCUT2D eigenvalue weighted by Gasteiger charge is -2.39. The predicted octanol–water partition coefficient (Wildman–Crippen LogP) is 34.8. The molecule has 0 bridgehead atoms. The van der Waals surface area contributed by atoms with E-state index in [-0.39, 0.29) is 69.8 Å². The van der Waals surface area contributed by atoms with Crippen LogP contribution in [0.1, 0.15) is 96.3 Å². The van der Waals surface area contributed by atoms with Gasteiger partial charge < -0.3 is 48.6 Å². The first-order valence-corrected chi connectivity index (χ1v) is 49.1.